The summed E-state index contributed by atoms with van der Waals surface area (Å²) in [6.45, 7) is 5.86. The highest BCUT2D eigenvalue weighted by atomic mass is 16.5. The van der Waals surface area contributed by atoms with E-state index in [9.17, 15) is 9.59 Å². The summed E-state index contributed by atoms with van der Waals surface area (Å²) in [4.78, 5) is 24.4. The van der Waals surface area contributed by atoms with Crippen molar-refractivity contribution in [3.63, 3.8) is 0 Å². The van der Waals surface area contributed by atoms with Crippen LogP contribution in [0.2, 0.25) is 0 Å². The third kappa shape index (κ3) is 6.24. The molecule has 2 rings (SSSR count). The molecular weight excluding hydrogens is 344 g/mol. The monoisotopic (exact) mass is 366 g/mol. The number of nitriles is 1. The minimum absolute atomic E-state index is 0.128. The van der Waals surface area contributed by atoms with Gasteiger partial charge >= 0.3 is 5.97 Å². The van der Waals surface area contributed by atoms with Crippen LogP contribution in [0, 0.1) is 11.3 Å². The normalized spacial score (nSPS) is 11.5. The van der Waals surface area contributed by atoms with Gasteiger partial charge < -0.3 is 14.8 Å². The third-order valence-corrected chi connectivity index (χ3v) is 3.69. The second-order valence-electron chi connectivity index (χ2n) is 6.29. The van der Waals surface area contributed by atoms with E-state index in [2.05, 4.69) is 5.32 Å². The number of carbonyl (C=O) groups is 2. The zero-order valence-corrected chi connectivity index (χ0v) is 15.6. The predicted molar refractivity (Wildman–Crippen MR) is 101 cm³/mol. The Morgan fingerprint density at radius 1 is 1.11 bits per heavy atom. The topological polar surface area (TPSA) is 88.4 Å². The summed E-state index contributed by atoms with van der Waals surface area (Å²) in [5, 5.41) is 11.5. The van der Waals surface area contributed by atoms with Gasteiger partial charge in [0.15, 0.2) is 6.10 Å². The van der Waals surface area contributed by atoms with Crippen LogP contribution < -0.4 is 5.32 Å². The Kier molecular flexibility index (Phi) is 7.09. The van der Waals surface area contributed by atoms with Gasteiger partial charge in [0.25, 0.3) is 5.91 Å². The van der Waals surface area contributed by atoms with Gasteiger partial charge in [-0.25, -0.2) is 4.79 Å². The van der Waals surface area contributed by atoms with Crippen LogP contribution in [0.3, 0.4) is 0 Å². The molecule has 0 radical (unpaired) electrons. The van der Waals surface area contributed by atoms with E-state index in [0.717, 1.165) is 5.56 Å². The fourth-order valence-corrected chi connectivity index (χ4v) is 2.19. The second-order valence-corrected chi connectivity index (χ2v) is 6.29. The van der Waals surface area contributed by atoms with E-state index in [0.29, 0.717) is 23.4 Å². The van der Waals surface area contributed by atoms with Crippen molar-refractivity contribution in [2.24, 2.45) is 0 Å². The first-order valence-electron chi connectivity index (χ1n) is 8.61. The molecule has 27 heavy (non-hydrogen) atoms. The van der Waals surface area contributed by atoms with Crippen molar-refractivity contribution in [1.29, 1.82) is 5.26 Å². The number of ether oxygens (including phenoxy) is 2. The van der Waals surface area contributed by atoms with E-state index in [1.807, 2.05) is 19.9 Å². The van der Waals surface area contributed by atoms with E-state index in [1.54, 1.807) is 48.5 Å². The first-order chi connectivity index (χ1) is 12.9. The minimum Gasteiger partial charge on any atom is -0.449 e. The molecule has 2 aromatic rings. The number of hydrogen-bond donors (Lipinski definition) is 1. The molecular formula is C21H22N2O4. The van der Waals surface area contributed by atoms with Gasteiger partial charge in [-0.2, -0.15) is 5.26 Å². The highest BCUT2D eigenvalue weighted by molar-refractivity contribution is 5.97. The predicted octanol–water partition coefficient (Wildman–Crippen LogP) is 3.67. The Hall–Kier alpha value is -3.17. The van der Waals surface area contributed by atoms with E-state index in [-0.39, 0.29) is 6.10 Å². The maximum Gasteiger partial charge on any atom is 0.338 e. The molecule has 0 aromatic heterocycles. The van der Waals surface area contributed by atoms with Gasteiger partial charge in [-0.05, 0) is 56.7 Å². The number of amides is 1. The molecule has 2 aromatic carbocycles. The number of nitrogens with one attached hydrogen (secondary N) is 1. The molecule has 1 amide bonds. The van der Waals surface area contributed by atoms with Gasteiger partial charge in [0, 0.05) is 5.69 Å². The standard InChI is InChI=1S/C21H22N2O4/c1-14(2)26-13-16-7-9-18(10-8-16)21(25)27-15(3)20(24)23-19-6-4-5-17(11-19)12-22/h4-11,14-15H,13H2,1-3H3,(H,23,24)/t15-/m1/s1. The van der Waals surface area contributed by atoms with Crippen LogP contribution in [0.15, 0.2) is 48.5 Å². The van der Waals surface area contributed by atoms with Crippen molar-refractivity contribution in [3.8, 4) is 6.07 Å². The molecule has 6 heteroatoms. The summed E-state index contributed by atoms with van der Waals surface area (Å²) >= 11 is 0. The lowest BCUT2D eigenvalue weighted by molar-refractivity contribution is -0.123. The average Bonchev–Trinajstić information content (AvgIpc) is 2.66. The van der Waals surface area contributed by atoms with Crippen molar-refractivity contribution < 1.29 is 19.1 Å². The number of hydrogen-bond acceptors (Lipinski definition) is 5. The molecule has 0 aliphatic rings. The van der Waals surface area contributed by atoms with Gasteiger partial charge in [-0.15, -0.1) is 0 Å². The summed E-state index contributed by atoms with van der Waals surface area (Å²) < 4.78 is 10.7. The lowest BCUT2D eigenvalue weighted by atomic mass is 10.1. The summed E-state index contributed by atoms with van der Waals surface area (Å²) in [6, 6.07) is 15.4. The van der Waals surface area contributed by atoms with Gasteiger partial charge in [0.2, 0.25) is 0 Å². The van der Waals surface area contributed by atoms with Crippen LogP contribution in [0.4, 0.5) is 5.69 Å². The number of benzene rings is 2. The summed E-state index contributed by atoms with van der Waals surface area (Å²) in [6.07, 6.45) is -0.852. The molecule has 0 saturated heterocycles. The van der Waals surface area contributed by atoms with Crippen LogP contribution >= 0.6 is 0 Å². The lowest BCUT2D eigenvalue weighted by Gasteiger charge is -2.14. The zero-order chi connectivity index (χ0) is 19.8. The molecule has 1 atom stereocenters. The average molecular weight is 366 g/mol. The van der Waals surface area contributed by atoms with E-state index < -0.39 is 18.0 Å². The van der Waals surface area contributed by atoms with Crippen molar-refractivity contribution in [3.05, 3.63) is 65.2 Å². The Labute approximate surface area is 158 Å². The van der Waals surface area contributed by atoms with Crippen molar-refractivity contribution >= 4 is 17.6 Å². The Bertz CT molecular complexity index is 838. The highest BCUT2D eigenvalue weighted by Gasteiger charge is 2.19. The number of esters is 1. The Morgan fingerprint density at radius 2 is 1.81 bits per heavy atom. The number of nitrogens with zero attached hydrogens (tertiary/aromatic N) is 1. The minimum atomic E-state index is -0.979. The van der Waals surface area contributed by atoms with Gasteiger partial charge in [-0.1, -0.05) is 18.2 Å². The summed E-state index contributed by atoms with van der Waals surface area (Å²) in [7, 11) is 0. The van der Waals surface area contributed by atoms with Crippen LogP contribution in [0.1, 0.15) is 42.3 Å². The molecule has 140 valence electrons. The summed E-state index contributed by atoms with van der Waals surface area (Å²) in [5.74, 6) is -1.06. The summed E-state index contributed by atoms with van der Waals surface area (Å²) in [5.41, 5.74) is 2.20. The molecule has 0 unspecified atom stereocenters. The van der Waals surface area contributed by atoms with Gasteiger partial charge in [0.1, 0.15) is 0 Å². The van der Waals surface area contributed by atoms with Crippen LogP contribution in [0.25, 0.3) is 0 Å². The second kappa shape index (κ2) is 9.51. The van der Waals surface area contributed by atoms with E-state index in [1.165, 1.54) is 6.92 Å². The van der Waals surface area contributed by atoms with Gasteiger partial charge in [0.05, 0.1) is 29.9 Å². The molecule has 0 saturated carbocycles. The SMILES string of the molecule is CC(C)OCc1ccc(C(=O)O[C@H](C)C(=O)Nc2cccc(C#N)c2)cc1. The molecule has 0 aliphatic heterocycles. The van der Waals surface area contributed by atoms with Crippen LogP contribution in [-0.2, 0) is 20.9 Å². The maximum absolute atomic E-state index is 12.2. The molecule has 0 heterocycles. The van der Waals surface area contributed by atoms with Gasteiger partial charge in [-0.3, -0.25) is 4.79 Å². The third-order valence-electron chi connectivity index (χ3n) is 3.69. The Balaban J connectivity index is 1.92. The maximum atomic E-state index is 12.2. The number of rotatable bonds is 7. The molecule has 0 bridgehead atoms. The molecule has 6 nitrogen and oxygen atoms in total. The first kappa shape index (κ1) is 20.1. The fourth-order valence-electron chi connectivity index (χ4n) is 2.19. The highest BCUT2D eigenvalue weighted by Crippen LogP contribution is 2.12. The zero-order valence-electron chi connectivity index (χ0n) is 15.6. The lowest BCUT2D eigenvalue weighted by Crippen LogP contribution is -2.30. The van der Waals surface area contributed by atoms with Crippen molar-refractivity contribution in [2.75, 3.05) is 5.32 Å². The number of carbonyl (C=O) groups excluding carboxylic acids is 2. The quantitative estimate of drug-likeness (QED) is 0.755. The van der Waals surface area contributed by atoms with Crippen LogP contribution in [0.5, 0.6) is 0 Å². The van der Waals surface area contributed by atoms with Crippen molar-refractivity contribution in [2.45, 2.75) is 39.6 Å². The Morgan fingerprint density at radius 3 is 2.44 bits per heavy atom. The largest absolute Gasteiger partial charge is 0.449 e. The van der Waals surface area contributed by atoms with Crippen LogP contribution in [-0.4, -0.2) is 24.1 Å². The molecule has 1 N–H and O–H groups in total. The molecule has 0 fully saturated rings. The first-order valence-corrected chi connectivity index (χ1v) is 8.61. The van der Waals surface area contributed by atoms with Crippen molar-refractivity contribution in [1.82, 2.24) is 0 Å². The molecule has 0 spiro atoms. The number of anilines is 1. The molecule has 0 aliphatic carbocycles. The fraction of sp³-hybridized carbons (Fsp3) is 0.286. The smallest absolute Gasteiger partial charge is 0.338 e. The van der Waals surface area contributed by atoms with E-state index >= 15 is 0 Å². The van der Waals surface area contributed by atoms with E-state index in [4.69, 9.17) is 14.7 Å².